The van der Waals surface area contributed by atoms with Crippen molar-refractivity contribution in [2.24, 2.45) is 23.7 Å². The molecule has 0 bridgehead atoms. The van der Waals surface area contributed by atoms with Crippen molar-refractivity contribution in [3.8, 4) is 0 Å². The van der Waals surface area contributed by atoms with E-state index in [9.17, 15) is 9.59 Å². The summed E-state index contributed by atoms with van der Waals surface area (Å²) < 4.78 is 0. The highest BCUT2D eigenvalue weighted by Crippen LogP contribution is 2.14. The molecule has 0 aliphatic rings. The normalized spacial score (nSPS) is 15.8. The molecule has 0 aromatic carbocycles. The smallest absolute Gasteiger partial charge is 0.332 e. The van der Waals surface area contributed by atoms with Crippen LogP contribution in [0, 0.1) is 23.7 Å². The minimum absolute atomic E-state index is 0.183. The van der Waals surface area contributed by atoms with Gasteiger partial charge in [0.2, 0.25) is 0 Å². The number of carbonyl (C=O) groups excluding carboxylic acids is 1. The van der Waals surface area contributed by atoms with Gasteiger partial charge in [-0.2, -0.15) is 0 Å². The van der Waals surface area contributed by atoms with Crippen LogP contribution in [0.1, 0.15) is 41.5 Å². The Morgan fingerprint density at radius 2 is 1.41 bits per heavy atom. The van der Waals surface area contributed by atoms with Gasteiger partial charge in [0.1, 0.15) is 6.29 Å². The van der Waals surface area contributed by atoms with Gasteiger partial charge in [-0.05, 0) is 17.8 Å². The first-order valence-electron chi connectivity index (χ1n) is 6.01. The van der Waals surface area contributed by atoms with Gasteiger partial charge in [0.15, 0.2) is 6.10 Å². The summed E-state index contributed by atoms with van der Waals surface area (Å²) in [4.78, 5) is 20.1. The van der Waals surface area contributed by atoms with E-state index in [1.807, 2.05) is 34.6 Å². The minimum Gasteiger partial charge on any atom is -0.479 e. The number of carboxylic acids is 1. The van der Waals surface area contributed by atoms with E-state index >= 15 is 0 Å². The number of hydrogen-bond acceptors (Lipinski definition) is 3. The second-order valence-electron chi connectivity index (χ2n) is 5.13. The van der Waals surface area contributed by atoms with Gasteiger partial charge in [0.25, 0.3) is 0 Å². The van der Waals surface area contributed by atoms with E-state index in [0.29, 0.717) is 5.92 Å². The average molecular weight is 246 g/mol. The number of aldehydes is 1. The Labute approximate surface area is 104 Å². The molecule has 0 spiro atoms. The second-order valence-corrected chi connectivity index (χ2v) is 5.13. The largest absolute Gasteiger partial charge is 0.479 e. The zero-order valence-corrected chi connectivity index (χ0v) is 11.7. The quantitative estimate of drug-likeness (QED) is 0.729. The molecule has 0 fully saturated rings. The van der Waals surface area contributed by atoms with Gasteiger partial charge >= 0.3 is 5.97 Å². The molecule has 0 aliphatic carbocycles. The molecule has 0 radical (unpaired) electrons. The lowest BCUT2D eigenvalue weighted by atomic mass is 9.92. The maximum absolute atomic E-state index is 10.2. The van der Waals surface area contributed by atoms with Crippen LogP contribution in [0.4, 0.5) is 0 Å². The number of carboxylic acid groups (broad SMARTS) is 1. The predicted molar refractivity (Wildman–Crippen MR) is 67.7 cm³/mol. The molecule has 0 aromatic rings. The molecule has 4 nitrogen and oxygen atoms in total. The molecule has 0 saturated heterocycles. The van der Waals surface area contributed by atoms with Gasteiger partial charge in [0.05, 0.1) is 0 Å². The van der Waals surface area contributed by atoms with Crippen molar-refractivity contribution in [2.45, 2.75) is 47.6 Å². The predicted octanol–water partition coefficient (Wildman–Crippen LogP) is 2.20. The van der Waals surface area contributed by atoms with Crippen LogP contribution in [0.15, 0.2) is 0 Å². The summed E-state index contributed by atoms with van der Waals surface area (Å²) in [6, 6.07) is 0. The molecular formula is C13H26O4. The summed E-state index contributed by atoms with van der Waals surface area (Å²) in [5.74, 6) is -0.401. The first-order valence-corrected chi connectivity index (χ1v) is 6.01. The fourth-order valence-electron chi connectivity index (χ4n) is 0.747. The van der Waals surface area contributed by atoms with Gasteiger partial charge in [-0.25, -0.2) is 4.79 Å². The zero-order valence-electron chi connectivity index (χ0n) is 11.7. The van der Waals surface area contributed by atoms with Crippen molar-refractivity contribution in [2.75, 3.05) is 0 Å². The molecule has 0 aromatic heterocycles. The third-order valence-corrected chi connectivity index (χ3v) is 3.07. The lowest BCUT2D eigenvalue weighted by Crippen LogP contribution is -2.30. The lowest BCUT2D eigenvalue weighted by molar-refractivity contribution is -0.150. The van der Waals surface area contributed by atoms with Crippen LogP contribution in [-0.2, 0) is 9.59 Å². The van der Waals surface area contributed by atoms with Crippen molar-refractivity contribution in [3.63, 3.8) is 0 Å². The van der Waals surface area contributed by atoms with Crippen LogP contribution in [0.2, 0.25) is 0 Å². The van der Waals surface area contributed by atoms with Crippen LogP contribution in [0.25, 0.3) is 0 Å². The highest BCUT2D eigenvalue weighted by molar-refractivity contribution is 5.72. The SMILES string of the molecule is CC(C)[C@H](C)C(O)C(=O)O.CC(C)[C@H](C)C=O. The van der Waals surface area contributed by atoms with E-state index in [0.717, 1.165) is 6.29 Å². The van der Waals surface area contributed by atoms with E-state index in [-0.39, 0.29) is 17.8 Å². The topological polar surface area (TPSA) is 74.6 Å². The van der Waals surface area contributed by atoms with Crippen molar-refractivity contribution in [1.29, 1.82) is 0 Å². The van der Waals surface area contributed by atoms with Gasteiger partial charge in [-0.1, -0.05) is 41.5 Å². The molecule has 0 saturated carbocycles. The fraction of sp³-hybridized carbons (Fsp3) is 0.846. The monoisotopic (exact) mass is 246 g/mol. The molecule has 0 aliphatic heterocycles. The third-order valence-electron chi connectivity index (χ3n) is 3.07. The summed E-state index contributed by atoms with van der Waals surface area (Å²) in [6.07, 6.45) is -0.231. The van der Waals surface area contributed by atoms with Crippen LogP contribution in [0.5, 0.6) is 0 Å². The van der Waals surface area contributed by atoms with Crippen molar-refractivity contribution < 1.29 is 19.8 Å². The van der Waals surface area contributed by atoms with Gasteiger partial charge in [0, 0.05) is 5.92 Å². The van der Waals surface area contributed by atoms with Crippen LogP contribution < -0.4 is 0 Å². The van der Waals surface area contributed by atoms with E-state index in [1.54, 1.807) is 6.92 Å². The summed E-state index contributed by atoms with van der Waals surface area (Å²) >= 11 is 0. The Kier molecular flexibility index (Phi) is 9.95. The van der Waals surface area contributed by atoms with Gasteiger partial charge < -0.3 is 15.0 Å². The third kappa shape index (κ3) is 8.86. The molecule has 1 unspecified atom stereocenters. The Bertz CT molecular complexity index is 223. The summed E-state index contributed by atoms with van der Waals surface area (Å²) in [5, 5.41) is 17.3. The van der Waals surface area contributed by atoms with Crippen molar-refractivity contribution in [3.05, 3.63) is 0 Å². The molecule has 0 amide bonds. The average Bonchev–Trinajstić information content (AvgIpc) is 2.26. The second kappa shape index (κ2) is 9.16. The molecule has 3 atom stereocenters. The Balaban J connectivity index is 0. The lowest BCUT2D eigenvalue weighted by Gasteiger charge is -2.17. The van der Waals surface area contributed by atoms with Crippen molar-refractivity contribution in [1.82, 2.24) is 0 Å². The molecule has 0 heterocycles. The summed E-state index contributed by atoms with van der Waals surface area (Å²) in [5.41, 5.74) is 0. The molecule has 4 heteroatoms. The first-order chi connectivity index (χ1) is 7.64. The number of rotatable bonds is 5. The van der Waals surface area contributed by atoms with E-state index in [2.05, 4.69) is 0 Å². The van der Waals surface area contributed by atoms with E-state index < -0.39 is 12.1 Å². The molecule has 17 heavy (non-hydrogen) atoms. The number of aliphatic carboxylic acids is 1. The van der Waals surface area contributed by atoms with Gasteiger partial charge in [-0.15, -0.1) is 0 Å². The zero-order chi connectivity index (χ0) is 14.2. The standard InChI is InChI=1S/C7H14O3.C6H12O/c1-4(2)5(3)6(8)7(9)10;1-5(2)6(3)4-7/h4-6,8H,1-3H3,(H,9,10);4-6H,1-3H3/t5-,6?;6-/m01/s1. The highest BCUT2D eigenvalue weighted by atomic mass is 16.4. The Morgan fingerprint density at radius 3 is 1.47 bits per heavy atom. The maximum atomic E-state index is 10.2. The Hall–Kier alpha value is -0.900. The number of carbonyl (C=O) groups is 2. The molecular weight excluding hydrogens is 220 g/mol. The highest BCUT2D eigenvalue weighted by Gasteiger charge is 2.23. The summed E-state index contributed by atoms with van der Waals surface area (Å²) in [6.45, 7) is 11.5. The fourth-order valence-corrected chi connectivity index (χ4v) is 0.747. The number of aliphatic hydroxyl groups is 1. The molecule has 0 rings (SSSR count). The van der Waals surface area contributed by atoms with E-state index in [4.69, 9.17) is 10.2 Å². The van der Waals surface area contributed by atoms with Crippen LogP contribution in [-0.4, -0.2) is 28.6 Å². The minimum atomic E-state index is -1.22. The number of aliphatic hydroxyl groups excluding tert-OH is 1. The molecule has 2 N–H and O–H groups in total. The molecule has 102 valence electrons. The van der Waals surface area contributed by atoms with E-state index in [1.165, 1.54) is 0 Å². The van der Waals surface area contributed by atoms with Crippen LogP contribution in [0.3, 0.4) is 0 Å². The number of hydrogen-bond donors (Lipinski definition) is 2. The first kappa shape index (κ1) is 18.5. The van der Waals surface area contributed by atoms with Crippen molar-refractivity contribution >= 4 is 12.3 Å². The summed E-state index contributed by atoms with van der Waals surface area (Å²) in [7, 11) is 0. The maximum Gasteiger partial charge on any atom is 0.332 e. The van der Waals surface area contributed by atoms with Crippen LogP contribution >= 0.6 is 0 Å². The Morgan fingerprint density at radius 1 is 1.00 bits per heavy atom. The van der Waals surface area contributed by atoms with Gasteiger partial charge in [-0.3, -0.25) is 0 Å².